The number of nitrogen functional groups attached to an aromatic ring is 1. The lowest BCUT2D eigenvalue weighted by Gasteiger charge is -2.29. The minimum atomic E-state index is 0.746. The molecule has 0 radical (unpaired) electrons. The fourth-order valence-corrected chi connectivity index (χ4v) is 3.02. The van der Waals surface area contributed by atoms with Crippen LogP contribution in [0.25, 0.3) is 0 Å². The number of nitrogens with two attached hydrogens (primary N) is 2. The van der Waals surface area contributed by atoms with Gasteiger partial charge >= 0.3 is 0 Å². The molecule has 2 rings (SSSR count). The third-order valence-electron chi connectivity index (χ3n) is 4.30. The van der Waals surface area contributed by atoms with Gasteiger partial charge in [0, 0.05) is 20.1 Å². The SMILES string of the molecule is CCN(Cc1ccc(N(C)N)c(N)c1)CC1CCNCC1. The fourth-order valence-electron chi connectivity index (χ4n) is 3.02. The van der Waals surface area contributed by atoms with E-state index in [9.17, 15) is 0 Å². The molecule has 0 aromatic heterocycles. The predicted molar refractivity (Wildman–Crippen MR) is 90.0 cm³/mol. The molecule has 0 amide bonds. The van der Waals surface area contributed by atoms with Crippen LogP contribution in [0.1, 0.15) is 25.3 Å². The normalized spacial score (nSPS) is 16.4. The van der Waals surface area contributed by atoms with Crippen LogP contribution in [-0.2, 0) is 6.54 Å². The minimum absolute atomic E-state index is 0.746. The lowest BCUT2D eigenvalue weighted by Crippen LogP contribution is -2.36. The van der Waals surface area contributed by atoms with Crippen molar-refractivity contribution in [1.82, 2.24) is 10.2 Å². The van der Waals surface area contributed by atoms with Gasteiger partial charge in [-0.2, -0.15) is 0 Å². The number of hydrazine groups is 1. The summed E-state index contributed by atoms with van der Waals surface area (Å²) in [5.41, 5.74) is 8.95. The number of benzene rings is 1. The molecule has 5 heteroatoms. The summed E-state index contributed by atoms with van der Waals surface area (Å²) in [4.78, 5) is 2.51. The molecule has 1 saturated heterocycles. The van der Waals surface area contributed by atoms with Crippen molar-refractivity contribution < 1.29 is 0 Å². The van der Waals surface area contributed by atoms with E-state index in [-0.39, 0.29) is 0 Å². The zero-order valence-corrected chi connectivity index (χ0v) is 13.3. The number of anilines is 2. The summed E-state index contributed by atoms with van der Waals surface area (Å²) in [7, 11) is 1.81. The van der Waals surface area contributed by atoms with Gasteiger partial charge in [-0.15, -0.1) is 0 Å². The minimum Gasteiger partial charge on any atom is -0.397 e. The highest BCUT2D eigenvalue weighted by Gasteiger charge is 2.16. The molecule has 1 aromatic rings. The molecule has 1 heterocycles. The number of piperidine rings is 1. The second-order valence-electron chi connectivity index (χ2n) is 6.03. The maximum absolute atomic E-state index is 6.08. The Kier molecular flexibility index (Phi) is 5.85. The van der Waals surface area contributed by atoms with Gasteiger partial charge in [-0.05, 0) is 56.1 Å². The molecule has 0 aliphatic carbocycles. The molecular weight excluding hydrogens is 262 g/mol. The molecule has 0 unspecified atom stereocenters. The summed E-state index contributed by atoms with van der Waals surface area (Å²) in [5.74, 6) is 6.57. The van der Waals surface area contributed by atoms with Crippen molar-refractivity contribution in [3.63, 3.8) is 0 Å². The first-order valence-corrected chi connectivity index (χ1v) is 7.90. The van der Waals surface area contributed by atoms with Crippen LogP contribution >= 0.6 is 0 Å². The van der Waals surface area contributed by atoms with Crippen molar-refractivity contribution in [2.45, 2.75) is 26.3 Å². The molecule has 5 nitrogen and oxygen atoms in total. The fraction of sp³-hybridized carbons (Fsp3) is 0.625. The van der Waals surface area contributed by atoms with Gasteiger partial charge in [-0.1, -0.05) is 13.0 Å². The Morgan fingerprint density at radius 3 is 2.57 bits per heavy atom. The Labute approximate surface area is 128 Å². The van der Waals surface area contributed by atoms with Crippen LogP contribution < -0.4 is 21.9 Å². The summed E-state index contributed by atoms with van der Waals surface area (Å²) in [6.45, 7) is 7.75. The van der Waals surface area contributed by atoms with Crippen LogP contribution in [0.4, 0.5) is 11.4 Å². The van der Waals surface area contributed by atoms with E-state index in [1.807, 2.05) is 12.1 Å². The largest absolute Gasteiger partial charge is 0.397 e. The van der Waals surface area contributed by atoms with Gasteiger partial charge in [-0.25, -0.2) is 5.84 Å². The van der Waals surface area contributed by atoms with Gasteiger partial charge in [0.25, 0.3) is 0 Å². The van der Waals surface area contributed by atoms with E-state index in [0.717, 1.165) is 43.5 Å². The van der Waals surface area contributed by atoms with Gasteiger partial charge in [0.2, 0.25) is 0 Å². The highest BCUT2D eigenvalue weighted by Crippen LogP contribution is 2.23. The van der Waals surface area contributed by atoms with Gasteiger partial charge < -0.3 is 16.1 Å². The van der Waals surface area contributed by atoms with Gasteiger partial charge in [0.05, 0.1) is 11.4 Å². The van der Waals surface area contributed by atoms with Gasteiger partial charge in [0.1, 0.15) is 0 Å². The second kappa shape index (κ2) is 7.64. The zero-order valence-electron chi connectivity index (χ0n) is 13.3. The summed E-state index contributed by atoms with van der Waals surface area (Å²) >= 11 is 0. The van der Waals surface area contributed by atoms with Crippen LogP contribution in [0.3, 0.4) is 0 Å². The molecule has 118 valence electrons. The number of nitrogens with zero attached hydrogens (tertiary/aromatic N) is 2. The van der Waals surface area contributed by atoms with E-state index in [4.69, 9.17) is 11.6 Å². The van der Waals surface area contributed by atoms with Crippen molar-refractivity contribution in [2.75, 3.05) is 44.0 Å². The Balaban J connectivity index is 1.96. The molecule has 1 aromatic carbocycles. The Morgan fingerprint density at radius 2 is 2.00 bits per heavy atom. The lowest BCUT2D eigenvalue weighted by molar-refractivity contribution is 0.207. The summed E-state index contributed by atoms with van der Waals surface area (Å²) in [6, 6.07) is 6.17. The van der Waals surface area contributed by atoms with Crippen LogP contribution in [0, 0.1) is 5.92 Å². The van der Waals surface area contributed by atoms with Crippen molar-refractivity contribution >= 4 is 11.4 Å². The van der Waals surface area contributed by atoms with Crippen molar-refractivity contribution in [3.05, 3.63) is 23.8 Å². The average Bonchev–Trinajstić information content (AvgIpc) is 2.47. The van der Waals surface area contributed by atoms with Crippen LogP contribution in [0.5, 0.6) is 0 Å². The molecule has 1 aliphatic rings. The summed E-state index contributed by atoms with van der Waals surface area (Å²) < 4.78 is 0. The first-order valence-electron chi connectivity index (χ1n) is 7.90. The van der Waals surface area contributed by atoms with E-state index in [0.29, 0.717) is 0 Å². The molecule has 0 spiro atoms. The first-order chi connectivity index (χ1) is 10.1. The number of hydrogen-bond acceptors (Lipinski definition) is 5. The first kappa shape index (κ1) is 16.1. The maximum Gasteiger partial charge on any atom is 0.0743 e. The van der Waals surface area contributed by atoms with Crippen LogP contribution in [-0.4, -0.2) is 38.1 Å². The predicted octanol–water partition coefficient (Wildman–Crippen LogP) is 1.40. The van der Waals surface area contributed by atoms with Crippen molar-refractivity contribution in [1.29, 1.82) is 0 Å². The third-order valence-corrected chi connectivity index (χ3v) is 4.30. The molecule has 1 aliphatic heterocycles. The Bertz CT molecular complexity index is 440. The molecule has 0 bridgehead atoms. The number of hydrogen-bond donors (Lipinski definition) is 3. The maximum atomic E-state index is 6.08. The van der Waals surface area contributed by atoms with E-state index < -0.39 is 0 Å². The lowest BCUT2D eigenvalue weighted by atomic mass is 9.97. The third kappa shape index (κ3) is 4.59. The quantitative estimate of drug-likeness (QED) is 0.420. The molecule has 21 heavy (non-hydrogen) atoms. The van der Waals surface area contributed by atoms with Gasteiger partial charge in [-0.3, -0.25) is 4.90 Å². The van der Waals surface area contributed by atoms with Crippen LogP contribution in [0.15, 0.2) is 18.2 Å². The number of rotatable bonds is 6. The highest BCUT2D eigenvalue weighted by molar-refractivity contribution is 5.67. The standard InChI is InChI=1S/C16H29N5/c1-3-21(11-13-6-8-19-9-7-13)12-14-4-5-16(20(2)18)15(17)10-14/h4-5,10,13,19H,3,6-9,11-12,17-18H2,1-2H3. The monoisotopic (exact) mass is 291 g/mol. The topological polar surface area (TPSA) is 70.5 Å². The average molecular weight is 291 g/mol. The second-order valence-corrected chi connectivity index (χ2v) is 6.03. The van der Waals surface area contributed by atoms with Crippen molar-refractivity contribution in [3.8, 4) is 0 Å². The summed E-state index contributed by atoms with van der Waals surface area (Å²) in [6.07, 6.45) is 2.57. The molecule has 1 fully saturated rings. The van der Waals surface area contributed by atoms with E-state index in [1.54, 1.807) is 12.1 Å². The van der Waals surface area contributed by atoms with E-state index in [2.05, 4.69) is 23.2 Å². The Hall–Kier alpha value is -1.30. The number of nitrogens with one attached hydrogen (secondary N) is 1. The smallest absolute Gasteiger partial charge is 0.0743 e. The van der Waals surface area contributed by atoms with E-state index >= 15 is 0 Å². The highest BCUT2D eigenvalue weighted by atomic mass is 15.4. The van der Waals surface area contributed by atoms with Gasteiger partial charge in [0.15, 0.2) is 0 Å². The van der Waals surface area contributed by atoms with Crippen molar-refractivity contribution in [2.24, 2.45) is 11.8 Å². The zero-order chi connectivity index (χ0) is 15.2. The van der Waals surface area contributed by atoms with Crippen LogP contribution in [0.2, 0.25) is 0 Å². The molecular formula is C16H29N5. The molecule has 0 saturated carbocycles. The summed E-state index contributed by atoms with van der Waals surface area (Å²) in [5, 5.41) is 4.99. The van der Waals surface area contributed by atoms with E-state index in [1.165, 1.54) is 24.9 Å². The Morgan fingerprint density at radius 1 is 1.29 bits per heavy atom. The molecule has 0 atom stereocenters. The molecule has 5 N–H and O–H groups in total.